The Labute approximate surface area is 112 Å². The van der Waals surface area contributed by atoms with E-state index in [9.17, 15) is 9.59 Å². The zero-order valence-electron chi connectivity index (χ0n) is 11.4. The molecule has 0 aliphatic heterocycles. The van der Waals surface area contributed by atoms with Crippen molar-refractivity contribution in [1.82, 2.24) is 0 Å². The minimum absolute atomic E-state index is 0.0722. The molecular weight excluding hydrogens is 244 g/mol. The number of anilines is 1. The molecule has 0 radical (unpaired) electrons. The van der Waals surface area contributed by atoms with E-state index in [1.807, 2.05) is 13.8 Å². The maximum Gasteiger partial charge on any atom is 0.336 e. The van der Waals surface area contributed by atoms with Crippen LogP contribution in [0.25, 0.3) is 0 Å². The average molecular weight is 264 g/mol. The lowest BCUT2D eigenvalue weighted by Gasteiger charge is -2.18. The van der Waals surface area contributed by atoms with Crippen molar-refractivity contribution in [2.24, 2.45) is 11.7 Å². The van der Waals surface area contributed by atoms with Gasteiger partial charge in [0.25, 0.3) is 0 Å². The van der Waals surface area contributed by atoms with E-state index >= 15 is 0 Å². The maximum atomic E-state index is 12.0. The fraction of sp³-hybridized carbons (Fsp3) is 0.429. The summed E-state index contributed by atoms with van der Waals surface area (Å²) in [5, 5.41) is 11.7. The first kappa shape index (κ1) is 15.2. The van der Waals surface area contributed by atoms with Gasteiger partial charge in [-0.15, -0.1) is 0 Å². The highest BCUT2D eigenvalue weighted by Crippen LogP contribution is 2.19. The molecule has 2 atom stereocenters. The molecule has 0 fully saturated rings. The van der Waals surface area contributed by atoms with Crippen LogP contribution in [-0.4, -0.2) is 23.0 Å². The molecule has 5 heteroatoms. The predicted molar refractivity (Wildman–Crippen MR) is 74.2 cm³/mol. The Morgan fingerprint density at radius 1 is 1.42 bits per heavy atom. The smallest absolute Gasteiger partial charge is 0.336 e. The van der Waals surface area contributed by atoms with Crippen molar-refractivity contribution in [3.8, 4) is 0 Å². The number of nitrogens with two attached hydrogens (primary N) is 1. The van der Waals surface area contributed by atoms with Crippen LogP contribution in [-0.2, 0) is 4.79 Å². The fourth-order valence-electron chi connectivity index (χ4n) is 1.73. The van der Waals surface area contributed by atoms with Crippen LogP contribution in [0.3, 0.4) is 0 Å². The van der Waals surface area contributed by atoms with E-state index in [0.717, 1.165) is 6.42 Å². The highest BCUT2D eigenvalue weighted by Gasteiger charge is 2.20. The molecule has 0 aliphatic rings. The highest BCUT2D eigenvalue weighted by atomic mass is 16.4. The molecule has 1 aromatic rings. The van der Waals surface area contributed by atoms with Crippen molar-refractivity contribution >= 4 is 17.6 Å². The second-order valence-electron chi connectivity index (χ2n) is 4.68. The van der Waals surface area contributed by atoms with Crippen LogP contribution in [0.1, 0.15) is 36.2 Å². The highest BCUT2D eigenvalue weighted by molar-refractivity contribution is 5.98. The lowest BCUT2D eigenvalue weighted by molar-refractivity contribution is -0.118. The normalized spacial score (nSPS) is 13.7. The number of carbonyl (C=O) groups is 2. The summed E-state index contributed by atoms with van der Waals surface area (Å²) in [6.45, 7) is 5.53. The van der Waals surface area contributed by atoms with Gasteiger partial charge in [-0.3, -0.25) is 4.79 Å². The average Bonchev–Trinajstić information content (AvgIpc) is 2.38. The summed E-state index contributed by atoms with van der Waals surface area (Å²) in [4.78, 5) is 23.0. The lowest BCUT2D eigenvalue weighted by Crippen LogP contribution is -2.40. The van der Waals surface area contributed by atoms with E-state index in [-0.39, 0.29) is 17.4 Å². The summed E-state index contributed by atoms with van der Waals surface area (Å²) in [6, 6.07) is 4.17. The third-order valence-corrected chi connectivity index (χ3v) is 3.38. The molecule has 4 N–H and O–H groups in total. The molecular formula is C14H20N2O3. The summed E-state index contributed by atoms with van der Waals surface area (Å²) >= 11 is 0. The van der Waals surface area contributed by atoms with Gasteiger partial charge in [0.1, 0.15) is 0 Å². The van der Waals surface area contributed by atoms with Gasteiger partial charge < -0.3 is 16.2 Å². The first-order valence-electron chi connectivity index (χ1n) is 6.27. The van der Waals surface area contributed by atoms with E-state index in [1.54, 1.807) is 19.1 Å². The van der Waals surface area contributed by atoms with Gasteiger partial charge in [-0.2, -0.15) is 0 Å². The van der Waals surface area contributed by atoms with Crippen LogP contribution in [0.5, 0.6) is 0 Å². The Hall–Kier alpha value is -1.88. The van der Waals surface area contributed by atoms with E-state index < -0.39 is 12.0 Å². The molecule has 1 unspecified atom stereocenters. The van der Waals surface area contributed by atoms with Gasteiger partial charge in [-0.1, -0.05) is 26.3 Å². The Balaban J connectivity index is 2.92. The molecule has 104 valence electrons. The van der Waals surface area contributed by atoms with E-state index in [2.05, 4.69) is 5.32 Å². The van der Waals surface area contributed by atoms with Crippen LogP contribution in [0.4, 0.5) is 5.69 Å². The molecule has 0 saturated carbocycles. The van der Waals surface area contributed by atoms with Crippen molar-refractivity contribution in [2.45, 2.75) is 33.2 Å². The first-order chi connectivity index (χ1) is 8.88. The second kappa shape index (κ2) is 6.33. The monoisotopic (exact) mass is 264 g/mol. The van der Waals surface area contributed by atoms with Gasteiger partial charge in [0.05, 0.1) is 11.6 Å². The molecule has 0 bridgehead atoms. The number of carboxylic acids is 1. The topological polar surface area (TPSA) is 92.4 Å². The number of amides is 1. The zero-order chi connectivity index (χ0) is 14.6. The number of rotatable bonds is 5. The molecule has 0 aromatic heterocycles. The maximum absolute atomic E-state index is 12.0. The van der Waals surface area contributed by atoms with Gasteiger partial charge in [-0.25, -0.2) is 4.79 Å². The van der Waals surface area contributed by atoms with Crippen LogP contribution >= 0.6 is 0 Å². The Morgan fingerprint density at radius 3 is 2.58 bits per heavy atom. The molecule has 1 amide bonds. The number of aromatic carboxylic acids is 1. The molecule has 0 aliphatic carbocycles. The SMILES string of the molecule is CCC(C)[C@H](N)C(=O)Nc1cccc(C(=O)O)c1C. The largest absolute Gasteiger partial charge is 0.478 e. The predicted octanol–water partition coefficient (Wildman–Crippen LogP) is 2.01. The minimum Gasteiger partial charge on any atom is -0.478 e. The number of hydrogen-bond acceptors (Lipinski definition) is 3. The van der Waals surface area contributed by atoms with Gasteiger partial charge in [-0.05, 0) is 30.5 Å². The first-order valence-corrected chi connectivity index (χ1v) is 6.27. The molecule has 5 nitrogen and oxygen atoms in total. The van der Waals surface area contributed by atoms with E-state index in [4.69, 9.17) is 10.8 Å². The third kappa shape index (κ3) is 3.54. The van der Waals surface area contributed by atoms with Gasteiger partial charge in [0.15, 0.2) is 0 Å². The third-order valence-electron chi connectivity index (χ3n) is 3.38. The summed E-state index contributed by atoms with van der Waals surface area (Å²) in [5.41, 5.74) is 7.03. The van der Waals surface area contributed by atoms with Crippen molar-refractivity contribution in [2.75, 3.05) is 5.32 Å². The number of nitrogens with one attached hydrogen (secondary N) is 1. The summed E-state index contributed by atoms with van der Waals surface area (Å²) in [7, 11) is 0. The molecule has 1 rings (SSSR count). The van der Waals surface area contributed by atoms with E-state index in [0.29, 0.717) is 11.3 Å². The molecule has 19 heavy (non-hydrogen) atoms. The molecule has 0 saturated heterocycles. The van der Waals surface area contributed by atoms with Crippen molar-refractivity contribution in [3.63, 3.8) is 0 Å². The molecule has 1 aromatic carbocycles. The summed E-state index contributed by atoms with van der Waals surface area (Å²) in [6.07, 6.45) is 0.808. The van der Waals surface area contributed by atoms with Gasteiger partial charge >= 0.3 is 5.97 Å². The van der Waals surface area contributed by atoms with Crippen molar-refractivity contribution < 1.29 is 14.7 Å². The summed E-state index contributed by atoms with van der Waals surface area (Å²) in [5.74, 6) is -1.23. The lowest BCUT2D eigenvalue weighted by atomic mass is 9.99. The van der Waals surface area contributed by atoms with Crippen molar-refractivity contribution in [3.05, 3.63) is 29.3 Å². The Morgan fingerprint density at radius 2 is 2.05 bits per heavy atom. The standard InChI is InChI=1S/C14H20N2O3/c1-4-8(2)12(15)13(17)16-11-7-5-6-10(9(11)3)14(18)19/h5-8,12H,4,15H2,1-3H3,(H,16,17)(H,18,19)/t8?,12-/m0/s1. The fourth-order valence-corrected chi connectivity index (χ4v) is 1.73. The number of hydrogen-bond donors (Lipinski definition) is 3. The van der Waals surface area contributed by atoms with Crippen molar-refractivity contribution in [1.29, 1.82) is 0 Å². The summed E-state index contributed by atoms with van der Waals surface area (Å²) < 4.78 is 0. The van der Waals surface area contributed by atoms with Crippen LogP contribution in [0.2, 0.25) is 0 Å². The Kier molecular flexibility index (Phi) is 5.06. The van der Waals surface area contributed by atoms with Crippen LogP contribution in [0, 0.1) is 12.8 Å². The zero-order valence-corrected chi connectivity index (χ0v) is 11.4. The van der Waals surface area contributed by atoms with Crippen LogP contribution in [0.15, 0.2) is 18.2 Å². The minimum atomic E-state index is -1.01. The Bertz CT molecular complexity index is 486. The second-order valence-corrected chi connectivity index (χ2v) is 4.68. The van der Waals surface area contributed by atoms with Gasteiger partial charge in [0, 0.05) is 5.69 Å². The quantitative estimate of drug-likeness (QED) is 0.758. The number of carbonyl (C=O) groups excluding carboxylic acids is 1. The molecule has 0 spiro atoms. The van der Waals surface area contributed by atoms with E-state index in [1.165, 1.54) is 6.07 Å². The molecule has 0 heterocycles. The number of benzene rings is 1. The van der Waals surface area contributed by atoms with Gasteiger partial charge in [0.2, 0.25) is 5.91 Å². The number of carboxylic acid groups (broad SMARTS) is 1. The van der Waals surface area contributed by atoms with Crippen LogP contribution < -0.4 is 11.1 Å².